The molecule has 53 heavy (non-hydrogen) atoms. The van der Waals surface area contributed by atoms with E-state index in [9.17, 15) is 14.4 Å². The van der Waals surface area contributed by atoms with Crippen LogP contribution in [-0.2, 0) is 23.8 Å². The van der Waals surface area contributed by atoms with E-state index in [0.29, 0.717) is 32.0 Å². The Kier molecular flexibility index (Phi) is 22.2. The third-order valence-corrected chi connectivity index (χ3v) is 9.29. The van der Waals surface area contributed by atoms with Crippen molar-refractivity contribution >= 4 is 28.9 Å². The van der Waals surface area contributed by atoms with Crippen molar-refractivity contribution in [2.75, 3.05) is 26.4 Å². The summed E-state index contributed by atoms with van der Waals surface area (Å²) in [6.45, 7) is 8.90. The first-order valence-corrected chi connectivity index (χ1v) is 20.0. The number of benzene rings is 2. The van der Waals surface area contributed by atoms with E-state index < -0.39 is 0 Å². The van der Waals surface area contributed by atoms with Gasteiger partial charge in [0.25, 0.3) is 0 Å². The first-order valence-electron chi connectivity index (χ1n) is 20.0. The first kappa shape index (κ1) is 43.1. The van der Waals surface area contributed by atoms with Gasteiger partial charge in [0.15, 0.2) is 0 Å². The largest absolute Gasteiger partial charge is 0.494 e. The Morgan fingerprint density at radius 1 is 0.509 bits per heavy atom. The van der Waals surface area contributed by atoms with Crippen LogP contribution in [0.5, 0.6) is 5.75 Å². The van der Waals surface area contributed by atoms with Crippen LogP contribution in [0.15, 0.2) is 78.3 Å². The molecule has 1 aromatic heterocycles. The Labute approximate surface area is 317 Å². The molecule has 0 aliphatic heterocycles. The fourth-order valence-electron chi connectivity index (χ4n) is 6.16. The van der Waals surface area contributed by atoms with Crippen LogP contribution in [-0.4, -0.2) is 44.3 Å². The fraction of sp³-hybridized carbons (Fsp3) is 0.533. The molecule has 0 radical (unpaired) electrons. The van der Waals surface area contributed by atoms with E-state index in [1.807, 2.05) is 36.4 Å². The Morgan fingerprint density at radius 2 is 0.943 bits per heavy atom. The normalized spacial score (nSPS) is 10.9. The van der Waals surface area contributed by atoms with Gasteiger partial charge >= 0.3 is 17.9 Å². The number of unbranched alkanes of at least 4 members (excludes halogenated alkanes) is 18. The zero-order valence-electron chi connectivity index (χ0n) is 31.9. The maximum Gasteiger partial charge on any atom is 0.338 e. The summed E-state index contributed by atoms with van der Waals surface area (Å²) < 4.78 is 27.6. The lowest BCUT2D eigenvalue weighted by atomic mass is 10.1. The molecular weight excluding hydrogens is 668 g/mol. The van der Waals surface area contributed by atoms with Crippen LogP contribution in [0.4, 0.5) is 0 Å². The van der Waals surface area contributed by atoms with E-state index in [-0.39, 0.29) is 17.9 Å². The molecule has 0 amide bonds. The maximum absolute atomic E-state index is 12.6. The van der Waals surface area contributed by atoms with E-state index in [4.69, 9.17) is 23.4 Å². The smallest absolute Gasteiger partial charge is 0.338 e. The van der Waals surface area contributed by atoms with Crippen molar-refractivity contribution in [3.8, 4) is 17.1 Å². The number of furan rings is 1. The highest BCUT2D eigenvalue weighted by Crippen LogP contribution is 2.30. The van der Waals surface area contributed by atoms with E-state index in [1.54, 1.807) is 12.1 Å². The monoisotopic (exact) mass is 730 g/mol. The lowest BCUT2D eigenvalue weighted by Gasteiger charge is -2.06. The number of hydrogen-bond acceptors (Lipinski definition) is 8. The van der Waals surface area contributed by atoms with Gasteiger partial charge in [0.2, 0.25) is 0 Å². The number of rotatable bonds is 31. The minimum atomic E-state index is -0.345. The third-order valence-electron chi connectivity index (χ3n) is 9.29. The highest BCUT2D eigenvalue weighted by molar-refractivity contribution is 5.90. The van der Waals surface area contributed by atoms with Crippen LogP contribution >= 0.6 is 0 Å². The van der Waals surface area contributed by atoms with Crippen molar-refractivity contribution in [3.63, 3.8) is 0 Å². The molecule has 0 bridgehead atoms. The number of carbonyl (C=O) groups excluding carboxylic acids is 3. The predicted octanol–water partition coefficient (Wildman–Crippen LogP) is 11.9. The number of carbonyl (C=O) groups is 3. The number of ether oxygens (including phenoxy) is 4. The van der Waals surface area contributed by atoms with E-state index in [2.05, 4.69) is 13.2 Å². The molecule has 0 N–H and O–H groups in total. The summed E-state index contributed by atoms with van der Waals surface area (Å²) in [7, 11) is 0. The Balaban J connectivity index is 1.20. The molecule has 8 nitrogen and oxygen atoms in total. The van der Waals surface area contributed by atoms with Crippen molar-refractivity contribution in [2.24, 2.45) is 0 Å². The van der Waals surface area contributed by atoms with E-state index >= 15 is 0 Å². The number of esters is 3. The molecule has 8 heteroatoms. The molecule has 0 unspecified atom stereocenters. The van der Waals surface area contributed by atoms with Crippen molar-refractivity contribution < 1.29 is 37.7 Å². The molecule has 0 saturated heterocycles. The molecule has 2 aromatic carbocycles. The topological polar surface area (TPSA) is 101 Å². The molecule has 0 aliphatic carbocycles. The van der Waals surface area contributed by atoms with Crippen LogP contribution in [0.1, 0.15) is 139 Å². The highest BCUT2D eigenvalue weighted by atomic mass is 16.5. The first-order chi connectivity index (χ1) is 26.0. The van der Waals surface area contributed by atoms with E-state index in [0.717, 1.165) is 79.4 Å². The van der Waals surface area contributed by atoms with Gasteiger partial charge in [0, 0.05) is 23.1 Å². The van der Waals surface area contributed by atoms with Crippen LogP contribution in [0.3, 0.4) is 0 Å². The molecule has 3 rings (SSSR count). The summed E-state index contributed by atoms with van der Waals surface area (Å²) in [6, 6.07) is 15.3. The van der Waals surface area contributed by atoms with Crippen molar-refractivity contribution in [3.05, 3.63) is 79.4 Å². The van der Waals surface area contributed by atoms with Crippen LogP contribution in [0.25, 0.3) is 22.3 Å². The Bertz CT molecular complexity index is 1490. The summed E-state index contributed by atoms with van der Waals surface area (Å²) in [4.78, 5) is 34.6. The summed E-state index contributed by atoms with van der Waals surface area (Å²) in [5, 5.41) is 0.986. The second-order valence-electron chi connectivity index (χ2n) is 13.7. The summed E-state index contributed by atoms with van der Waals surface area (Å²) in [6.07, 6.45) is 25.2. The van der Waals surface area contributed by atoms with Crippen LogP contribution in [0.2, 0.25) is 0 Å². The molecule has 1 heterocycles. The van der Waals surface area contributed by atoms with Gasteiger partial charge in [-0.15, -0.1) is 0 Å². The molecule has 0 fully saturated rings. The van der Waals surface area contributed by atoms with E-state index in [1.165, 1.54) is 89.2 Å². The minimum Gasteiger partial charge on any atom is -0.494 e. The van der Waals surface area contributed by atoms with Crippen molar-refractivity contribution in [1.29, 1.82) is 0 Å². The fourth-order valence-corrected chi connectivity index (χ4v) is 6.16. The second kappa shape index (κ2) is 27.3. The molecular formula is C45H62O8. The molecule has 0 saturated carbocycles. The van der Waals surface area contributed by atoms with Crippen molar-refractivity contribution in [2.45, 2.75) is 128 Å². The number of fused-ring (bicyclic) bond motifs is 1. The molecule has 0 aliphatic rings. The lowest BCUT2D eigenvalue weighted by Crippen LogP contribution is -2.06. The zero-order chi connectivity index (χ0) is 37.8. The van der Waals surface area contributed by atoms with Gasteiger partial charge in [0.05, 0.1) is 32.0 Å². The second-order valence-corrected chi connectivity index (χ2v) is 13.7. The van der Waals surface area contributed by atoms with Crippen LogP contribution in [0, 0.1) is 0 Å². The average molecular weight is 731 g/mol. The summed E-state index contributed by atoms with van der Waals surface area (Å²) in [5.74, 6) is 0.616. The highest BCUT2D eigenvalue weighted by Gasteiger charge is 2.11. The van der Waals surface area contributed by atoms with Gasteiger partial charge in [-0.05, 0) is 62.1 Å². The standard InChI is InChI=1S/C45H62O8/c1-3-43(46)50-32-22-18-14-10-6-5-9-13-17-21-31-49-40-29-30-41-39(35-40)36-42(53-41)37-25-27-38(28-26-37)45(48)52-34-24-20-16-12-8-7-11-15-19-23-33-51-44(47)4-2/h3-4,25-30,35-36H,1-2,5-24,31-34H2. The van der Waals surface area contributed by atoms with Crippen LogP contribution < -0.4 is 4.74 Å². The Hall–Kier alpha value is -4.33. The minimum absolute atomic E-state index is 0.295. The third kappa shape index (κ3) is 18.8. The molecule has 0 atom stereocenters. The van der Waals surface area contributed by atoms with Gasteiger partial charge in [-0.1, -0.05) is 128 Å². The van der Waals surface area contributed by atoms with Gasteiger partial charge < -0.3 is 23.4 Å². The SMILES string of the molecule is C=CC(=O)OCCCCCCCCCCCCOC(=O)c1ccc(-c2cc3cc(OCCCCCCCCCCCCOC(=O)C=C)ccc3o2)cc1. The molecule has 3 aromatic rings. The van der Waals surface area contributed by atoms with Gasteiger partial charge in [-0.25, -0.2) is 14.4 Å². The number of hydrogen-bond donors (Lipinski definition) is 0. The van der Waals surface area contributed by atoms with Crippen molar-refractivity contribution in [1.82, 2.24) is 0 Å². The van der Waals surface area contributed by atoms with Gasteiger partial charge in [-0.2, -0.15) is 0 Å². The summed E-state index contributed by atoms with van der Waals surface area (Å²) in [5.41, 5.74) is 2.24. The summed E-state index contributed by atoms with van der Waals surface area (Å²) >= 11 is 0. The zero-order valence-corrected chi connectivity index (χ0v) is 31.9. The lowest BCUT2D eigenvalue weighted by molar-refractivity contribution is -0.138. The molecule has 290 valence electrons. The molecule has 0 spiro atoms. The average Bonchev–Trinajstić information content (AvgIpc) is 3.61. The predicted molar refractivity (Wildman–Crippen MR) is 212 cm³/mol. The Morgan fingerprint density at radius 3 is 1.42 bits per heavy atom. The maximum atomic E-state index is 12.6. The van der Waals surface area contributed by atoms with Gasteiger partial charge in [-0.3, -0.25) is 0 Å². The quantitative estimate of drug-likeness (QED) is 0.0279. The van der Waals surface area contributed by atoms with Gasteiger partial charge in [0.1, 0.15) is 17.1 Å².